The number of rotatable bonds is 4. The largest absolute Gasteiger partial charge is 0.354 e. The summed E-state index contributed by atoms with van der Waals surface area (Å²) in [6.07, 6.45) is 1.88. The van der Waals surface area contributed by atoms with Gasteiger partial charge in [-0.1, -0.05) is 6.92 Å². The molecule has 2 heterocycles. The molecule has 0 spiro atoms. The molecule has 0 unspecified atom stereocenters. The molecule has 0 bridgehead atoms. The molecule has 3 N–H and O–H groups in total. The Morgan fingerprint density at radius 2 is 2.05 bits per heavy atom. The molecule has 0 aromatic carbocycles. The predicted molar refractivity (Wildman–Crippen MR) is 75.5 cm³/mol. The minimum atomic E-state index is -0.789. The molecule has 5 nitrogen and oxygen atoms in total. The van der Waals surface area contributed by atoms with E-state index in [4.69, 9.17) is 5.84 Å². The maximum atomic E-state index is 13.9. The number of hydrazine groups is 1. The van der Waals surface area contributed by atoms with E-state index in [1.807, 2.05) is 0 Å². The van der Waals surface area contributed by atoms with E-state index in [9.17, 15) is 8.78 Å². The molecule has 1 aliphatic heterocycles. The zero-order valence-corrected chi connectivity index (χ0v) is 11.9. The molecule has 112 valence electrons. The van der Waals surface area contributed by atoms with Gasteiger partial charge in [0.1, 0.15) is 0 Å². The van der Waals surface area contributed by atoms with Crippen LogP contribution >= 0.6 is 0 Å². The fourth-order valence-electron chi connectivity index (χ4n) is 2.60. The lowest BCUT2D eigenvalue weighted by atomic mass is 10.0. The number of nitrogen functional groups attached to an aromatic ring is 1. The number of hydrogen-bond acceptors (Lipinski definition) is 5. The molecule has 1 saturated heterocycles. The van der Waals surface area contributed by atoms with Crippen LogP contribution in [0.1, 0.15) is 19.8 Å². The quantitative estimate of drug-likeness (QED) is 0.649. The number of piperidine rings is 1. The monoisotopic (exact) mass is 285 g/mol. The number of pyridine rings is 1. The van der Waals surface area contributed by atoms with Crippen molar-refractivity contribution in [3.63, 3.8) is 0 Å². The molecule has 1 aromatic heterocycles. The van der Waals surface area contributed by atoms with Crippen LogP contribution in [0.5, 0.6) is 0 Å². The first kappa shape index (κ1) is 14.9. The lowest BCUT2D eigenvalue weighted by Crippen LogP contribution is -2.44. The second-order valence-electron chi connectivity index (χ2n) is 5.04. The Hall–Kier alpha value is -1.47. The predicted octanol–water partition coefficient (Wildman–Crippen LogP) is 1.57. The Bertz CT molecular complexity index is 460. The molecular formula is C13H21F2N5. The van der Waals surface area contributed by atoms with Crippen molar-refractivity contribution in [2.75, 3.05) is 37.0 Å². The van der Waals surface area contributed by atoms with Crippen molar-refractivity contribution in [1.29, 1.82) is 0 Å². The van der Waals surface area contributed by atoms with Crippen molar-refractivity contribution >= 4 is 11.6 Å². The van der Waals surface area contributed by atoms with Crippen molar-refractivity contribution in [3.05, 3.63) is 17.7 Å². The minimum absolute atomic E-state index is 0.134. The van der Waals surface area contributed by atoms with Crippen LogP contribution in [0, 0.1) is 11.6 Å². The molecule has 0 aliphatic carbocycles. The SMILES string of the molecule is CCN1CCC(N(C)c2nc(NN)c(F)cc2F)CC1. The molecule has 1 fully saturated rings. The number of aromatic nitrogens is 1. The van der Waals surface area contributed by atoms with Gasteiger partial charge < -0.3 is 15.2 Å². The lowest BCUT2D eigenvalue weighted by molar-refractivity contribution is 0.220. The van der Waals surface area contributed by atoms with Crippen molar-refractivity contribution in [3.8, 4) is 0 Å². The number of hydrogen-bond donors (Lipinski definition) is 2. The van der Waals surface area contributed by atoms with E-state index in [1.165, 1.54) is 0 Å². The van der Waals surface area contributed by atoms with E-state index < -0.39 is 11.6 Å². The molecule has 0 saturated carbocycles. The second-order valence-corrected chi connectivity index (χ2v) is 5.04. The molecule has 0 radical (unpaired) electrons. The Morgan fingerprint density at radius 1 is 1.40 bits per heavy atom. The fourth-order valence-corrected chi connectivity index (χ4v) is 2.60. The van der Waals surface area contributed by atoms with Crippen LogP contribution in [0.4, 0.5) is 20.4 Å². The maximum absolute atomic E-state index is 13.9. The number of halogens is 2. The van der Waals surface area contributed by atoms with E-state index in [-0.39, 0.29) is 17.7 Å². The van der Waals surface area contributed by atoms with Gasteiger partial charge in [-0.05, 0) is 19.4 Å². The van der Waals surface area contributed by atoms with Crippen molar-refractivity contribution < 1.29 is 8.78 Å². The van der Waals surface area contributed by atoms with Gasteiger partial charge in [0.25, 0.3) is 0 Å². The third-order valence-electron chi connectivity index (χ3n) is 3.93. The minimum Gasteiger partial charge on any atom is -0.354 e. The van der Waals surface area contributed by atoms with Gasteiger partial charge in [-0.3, -0.25) is 0 Å². The Balaban J connectivity index is 2.15. The van der Waals surface area contributed by atoms with Crippen LogP contribution in [0.2, 0.25) is 0 Å². The summed E-state index contributed by atoms with van der Waals surface area (Å²) in [7, 11) is 1.79. The van der Waals surface area contributed by atoms with Crippen LogP contribution in [0.15, 0.2) is 6.07 Å². The Labute approximate surface area is 117 Å². The molecule has 1 aliphatic rings. The van der Waals surface area contributed by atoms with E-state index in [0.717, 1.165) is 38.5 Å². The first-order valence-corrected chi connectivity index (χ1v) is 6.84. The number of anilines is 2. The summed E-state index contributed by atoms with van der Waals surface area (Å²) >= 11 is 0. The molecule has 2 rings (SSSR count). The van der Waals surface area contributed by atoms with E-state index in [0.29, 0.717) is 0 Å². The third kappa shape index (κ3) is 2.99. The summed E-state index contributed by atoms with van der Waals surface area (Å²) in [5, 5.41) is 0. The Morgan fingerprint density at radius 3 is 2.60 bits per heavy atom. The smallest absolute Gasteiger partial charge is 0.178 e. The highest BCUT2D eigenvalue weighted by Gasteiger charge is 2.25. The molecule has 1 aromatic rings. The highest BCUT2D eigenvalue weighted by Crippen LogP contribution is 2.25. The zero-order valence-electron chi connectivity index (χ0n) is 11.9. The number of nitrogens with two attached hydrogens (primary N) is 1. The first-order chi connectivity index (χ1) is 9.56. The van der Waals surface area contributed by atoms with Gasteiger partial charge in [0.15, 0.2) is 23.3 Å². The van der Waals surface area contributed by atoms with Crippen molar-refractivity contribution in [2.45, 2.75) is 25.8 Å². The second kappa shape index (κ2) is 6.32. The summed E-state index contributed by atoms with van der Waals surface area (Å²) in [6.45, 7) is 5.12. The topological polar surface area (TPSA) is 57.4 Å². The summed E-state index contributed by atoms with van der Waals surface area (Å²) < 4.78 is 27.3. The molecule has 0 amide bonds. The molecule has 20 heavy (non-hydrogen) atoms. The number of nitrogens with zero attached hydrogens (tertiary/aromatic N) is 3. The van der Waals surface area contributed by atoms with Gasteiger partial charge in [-0.2, -0.15) is 0 Å². The lowest BCUT2D eigenvalue weighted by Gasteiger charge is -2.37. The third-order valence-corrected chi connectivity index (χ3v) is 3.93. The van der Waals surface area contributed by atoms with Gasteiger partial charge in [-0.15, -0.1) is 0 Å². The highest BCUT2D eigenvalue weighted by atomic mass is 19.1. The van der Waals surface area contributed by atoms with Crippen LogP contribution in [-0.4, -0.2) is 42.6 Å². The highest BCUT2D eigenvalue weighted by molar-refractivity contribution is 5.49. The normalized spacial score (nSPS) is 17.2. The number of nitrogens with one attached hydrogen (secondary N) is 1. The fraction of sp³-hybridized carbons (Fsp3) is 0.615. The average Bonchev–Trinajstić information content (AvgIpc) is 2.47. The zero-order chi connectivity index (χ0) is 14.7. The first-order valence-electron chi connectivity index (χ1n) is 6.84. The van der Waals surface area contributed by atoms with Crippen LogP contribution in [-0.2, 0) is 0 Å². The average molecular weight is 285 g/mol. The molecule has 7 heteroatoms. The number of likely N-dealkylation sites (tertiary alicyclic amines) is 1. The van der Waals surface area contributed by atoms with Crippen molar-refractivity contribution in [2.24, 2.45) is 5.84 Å². The summed E-state index contributed by atoms with van der Waals surface area (Å²) in [6, 6.07) is 1.02. The molecule has 0 atom stereocenters. The van der Waals surface area contributed by atoms with Gasteiger partial charge in [0.2, 0.25) is 0 Å². The van der Waals surface area contributed by atoms with Crippen LogP contribution < -0.4 is 16.2 Å². The van der Waals surface area contributed by atoms with Crippen molar-refractivity contribution in [1.82, 2.24) is 9.88 Å². The Kier molecular flexibility index (Phi) is 4.72. The summed E-state index contributed by atoms with van der Waals surface area (Å²) in [4.78, 5) is 8.06. The van der Waals surface area contributed by atoms with E-state index in [1.54, 1.807) is 11.9 Å². The maximum Gasteiger partial charge on any atom is 0.178 e. The van der Waals surface area contributed by atoms with Gasteiger partial charge in [0, 0.05) is 32.2 Å². The molecular weight excluding hydrogens is 264 g/mol. The van der Waals surface area contributed by atoms with Gasteiger partial charge in [0.05, 0.1) is 0 Å². The summed E-state index contributed by atoms with van der Waals surface area (Å²) in [5.41, 5.74) is 2.15. The standard InChI is InChI=1S/C13H21F2N5/c1-3-20-6-4-9(5-7-20)19(2)13-11(15)8-10(14)12(17-13)18-16/h8-9H,3-7,16H2,1-2H3,(H,17,18). The van der Waals surface area contributed by atoms with Gasteiger partial charge in [-0.25, -0.2) is 19.6 Å². The summed E-state index contributed by atoms with van der Waals surface area (Å²) in [5.74, 6) is 3.72. The van der Waals surface area contributed by atoms with Crippen LogP contribution in [0.25, 0.3) is 0 Å². The van der Waals surface area contributed by atoms with E-state index >= 15 is 0 Å². The van der Waals surface area contributed by atoms with E-state index in [2.05, 4.69) is 22.2 Å². The van der Waals surface area contributed by atoms with Crippen LogP contribution in [0.3, 0.4) is 0 Å². The van der Waals surface area contributed by atoms with Gasteiger partial charge >= 0.3 is 0 Å².